The minimum Gasteiger partial charge on any atom is -0.478 e. The van der Waals surface area contributed by atoms with Gasteiger partial charge in [0.15, 0.2) is 0 Å². The van der Waals surface area contributed by atoms with Crippen LogP contribution in [0.3, 0.4) is 0 Å². The zero-order chi connectivity index (χ0) is 8.27. The quantitative estimate of drug-likeness (QED) is 0.628. The Morgan fingerprint density at radius 1 is 1.82 bits per heavy atom. The summed E-state index contributed by atoms with van der Waals surface area (Å²) in [7, 11) is 1.78. The van der Waals surface area contributed by atoms with Crippen molar-refractivity contribution in [2.45, 2.75) is 0 Å². The summed E-state index contributed by atoms with van der Waals surface area (Å²) < 4.78 is 1.61. The molecule has 0 fully saturated rings. The van der Waals surface area contributed by atoms with Crippen LogP contribution in [-0.4, -0.2) is 20.9 Å². The van der Waals surface area contributed by atoms with Crippen molar-refractivity contribution in [3.8, 4) is 0 Å². The number of nitrogens with zero attached hydrogens (tertiary/aromatic N) is 2. The average Bonchev–Trinajstić information content (AvgIpc) is 2.31. The Morgan fingerprint density at radius 3 is 3.00 bits per heavy atom. The van der Waals surface area contributed by atoms with E-state index >= 15 is 0 Å². The SMILES string of the molecule is Cn1cc(/C=C/C(=O)O)cn1. The predicted octanol–water partition coefficient (Wildman–Crippen LogP) is 0.518. The summed E-state index contributed by atoms with van der Waals surface area (Å²) in [6.45, 7) is 0. The van der Waals surface area contributed by atoms with Crippen LogP contribution in [0.5, 0.6) is 0 Å². The van der Waals surface area contributed by atoms with E-state index in [9.17, 15) is 4.79 Å². The number of carboxylic acid groups (broad SMARTS) is 1. The van der Waals surface area contributed by atoms with Gasteiger partial charge in [-0.3, -0.25) is 4.68 Å². The van der Waals surface area contributed by atoms with Crippen molar-refractivity contribution in [1.29, 1.82) is 0 Å². The third-order valence-corrected chi connectivity index (χ3v) is 1.14. The van der Waals surface area contributed by atoms with Crippen molar-refractivity contribution in [3.63, 3.8) is 0 Å². The zero-order valence-electron chi connectivity index (χ0n) is 6.06. The predicted molar refractivity (Wildman–Crippen MR) is 39.9 cm³/mol. The smallest absolute Gasteiger partial charge is 0.328 e. The third kappa shape index (κ3) is 2.25. The van der Waals surface area contributed by atoms with Crippen LogP contribution in [0.25, 0.3) is 6.08 Å². The van der Waals surface area contributed by atoms with Gasteiger partial charge in [0.05, 0.1) is 6.20 Å². The van der Waals surface area contributed by atoms with Crippen LogP contribution in [0.4, 0.5) is 0 Å². The minimum atomic E-state index is -0.950. The standard InChI is InChI=1S/C7H8N2O2/c1-9-5-6(4-8-9)2-3-7(10)11/h2-5H,1H3,(H,10,11)/b3-2+. The van der Waals surface area contributed by atoms with Crippen LogP contribution < -0.4 is 0 Å². The van der Waals surface area contributed by atoms with E-state index in [0.717, 1.165) is 11.6 Å². The molecular formula is C7H8N2O2. The molecule has 0 saturated carbocycles. The first-order valence-electron chi connectivity index (χ1n) is 3.08. The molecule has 1 N–H and O–H groups in total. The van der Waals surface area contributed by atoms with E-state index in [-0.39, 0.29) is 0 Å². The van der Waals surface area contributed by atoms with E-state index in [2.05, 4.69) is 5.10 Å². The van der Waals surface area contributed by atoms with Crippen molar-refractivity contribution in [1.82, 2.24) is 9.78 Å². The van der Waals surface area contributed by atoms with Gasteiger partial charge in [0.2, 0.25) is 0 Å². The molecule has 0 atom stereocenters. The Hall–Kier alpha value is -1.58. The Labute approximate surface area is 63.8 Å². The first-order chi connectivity index (χ1) is 5.18. The second-order valence-electron chi connectivity index (χ2n) is 2.12. The number of carbonyl (C=O) groups is 1. The van der Waals surface area contributed by atoms with E-state index in [1.54, 1.807) is 24.1 Å². The van der Waals surface area contributed by atoms with Crippen LogP contribution in [-0.2, 0) is 11.8 Å². The van der Waals surface area contributed by atoms with Gasteiger partial charge >= 0.3 is 5.97 Å². The number of hydrogen-bond donors (Lipinski definition) is 1. The molecule has 0 spiro atoms. The molecule has 0 amide bonds. The maximum atomic E-state index is 10.1. The molecule has 1 aromatic heterocycles. The molecule has 0 aromatic carbocycles. The van der Waals surface area contributed by atoms with Crippen LogP contribution in [0, 0.1) is 0 Å². The second-order valence-corrected chi connectivity index (χ2v) is 2.12. The summed E-state index contributed by atoms with van der Waals surface area (Å²) in [6, 6.07) is 0. The number of aliphatic carboxylic acids is 1. The molecule has 0 unspecified atom stereocenters. The third-order valence-electron chi connectivity index (χ3n) is 1.14. The molecule has 1 heterocycles. The topological polar surface area (TPSA) is 55.1 Å². The summed E-state index contributed by atoms with van der Waals surface area (Å²) in [6.07, 6.45) is 5.91. The number of aromatic nitrogens is 2. The van der Waals surface area contributed by atoms with E-state index in [1.807, 2.05) is 0 Å². The van der Waals surface area contributed by atoms with Crippen LogP contribution in [0.2, 0.25) is 0 Å². The minimum absolute atomic E-state index is 0.787. The normalized spacial score (nSPS) is 10.6. The van der Waals surface area contributed by atoms with Gasteiger partial charge < -0.3 is 5.11 Å². The van der Waals surface area contributed by atoms with Gasteiger partial charge in [-0.05, 0) is 6.08 Å². The molecule has 4 nitrogen and oxygen atoms in total. The van der Waals surface area contributed by atoms with Crippen LogP contribution in [0.15, 0.2) is 18.5 Å². The van der Waals surface area contributed by atoms with E-state index < -0.39 is 5.97 Å². The highest BCUT2D eigenvalue weighted by atomic mass is 16.4. The molecule has 1 rings (SSSR count). The van der Waals surface area contributed by atoms with Crippen molar-refractivity contribution >= 4 is 12.0 Å². The summed E-state index contributed by atoms with van der Waals surface area (Å²) in [5.41, 5.74) is 0.787. The first kappa shape index (κ1) is 7.53. The lowest BCUT2D eigenvalue weighted by molar-refractivity contribution is -0.131. The van der Waals surface area contributed by atoms with Crippen molar-refractivity contribution in [2.24, 2.45) is 7.05 Å². The molecule has 11 heavy (non-hydrogen) atoms. The van der Waals surface area contributed by atoms with Crippen molar-refractivity contribution in [2.75, 3.05) is 0 Å². The van der Waals surface area contributed by atoms with Crippen molar-refractivity contribution in [3.05, 3.63) is 24.0 Å². The molecular weight excluding hydrogens is 144 g/mol. The molecule has 0 bridgehead atoms. The van der Waals surface area contributed by atoms with Gasteiger partial charge in [-0.25, -0.2) is 4.79 Å². The number of hydrogen-bond acceptors (Lipinski definition) is 2. The highest BCUT2D eigenvalue weighted by molar-refractivity contribution is 5.85. The Kier molecular flexibility index (Phi) is 2.06. The molecule has 0 aliphatic heterocycles. The van der Waals surface area contributed by atoms with E-state index in [0.29, 0.717) is 0 Å². The second kappa shape index (κ2) is 3.01. The van der Waals surface area contributed by atoms with Crippen molar-refractivity contribution < 1.29 is 9.90 Å². The number of rotatable bonds is 2. The fourth-order valence-electron chi connectivity index (χ4n) is 0.694. The highest BCUT2D eigenvalue weighted by Crippen LogP contribution is 1.98. The van der Waals surface area contributed by atoms with E-state index in [1.165, 1.54) is 6.08 Å². The lowest BCUT2D eigenvalue weighted by Gasteiger charge is -1.81. The van der Waals surface area contributed by atoms with E-state index in [4.69, 9.17) is 5.11 Å². The monoisotopic (exact) mass is 152 g/mol. The molecule has 58 valence electrons. The maximum Gasteiger partial charge on any atom is 0.328 e. The average molecular weight is 152 g/mol. The van der Waals surface area contributed by atoms with Gasteiger partial charge in [0.25, 0.3) is 0 Å². The first-order valence-corrected chi connectivity index (χ1v) is 3.08. The summed E-state index contributed by atoms with van der Waals surface area (Å²) in [5, 5.41) is 12.1. The summed E-state index contributed by atoms with van der Waals surface area (Å²) >= 11 is 0. The molecule has 1 aromatic rings. The highest BCUT2D eigenvalue weighted by Gasteiger charge is 1.90. The van der Waals surface area contributed by atoms with Crippen LogP contribution >= 0.6 is 0 Å². The van der Waals surface area contributed by atoms with Gasteiger partial charge in [0, 0.05) is 24.9 Å². The largest absolute Gasteiger partial charge is 0.478 e. The van der Waals surface area contributed by atoms with Gasteiger partial charge in [0.1, 0.15) is 0 Å². The summed E-state index contributed by atoms with van der Waals surface area (Å²) in [4.78, 5) is 10.1. The molecule has 0 radical (unpaired) electrons. The fourth-order valence-corrected chi connectivity index (χ4v) is 0.694. The molecule has 0 saturated heterocycles. The molecule has 0 aliphatic carbocycles. The maximum absolute atomic E-state index is 10.1. The van der Waals surface area contributed by atoms with Gasteiger partial charge in [-0.1, -0.05) is 0 Å². The Bertz CT molecular complexity index is 288. The lowest BCUT2D eigenvalue weighted by atomic mass is 10.3. The van der Waals surface area contributed by atoms with Gasteiger partial charge in [-0.15, -0.1) is 0 Å². The van der Waals surface area contributed by atoms with Gasteiger partial charge in [-0.2, -0.15) is 5.10 Å². The lowest BCUT2D eigenvalue weighted by Crippen LogP contribution is -1.85. The molecule has 0 aliphatic rings. The summed E-state index contributed by atoms with van der Waals surface area (Å²) in [5.74, 6) is -0.950. The number of carboxylic acids is 1. The molecule has 4 heteroatoms. The Balaban J connectivity index is 2.71. The van der Waals surface area contributed by atoms with Crippen LogP contribution in [0.1, 0.15) is 5.56 Å². The Morgan fingerprint density at radius 2 is 2.55 bits per heavy atom. The number of aryl methyl sites for hydroxylation is 1. The zero-order valence-corrected chi connectivity index (χ0v) is 6.06. The fraction of sp³-hybridized carbons (Fsp3) is 0.143.